The summed E-state index contributed by atoms with van der Waals surface area (Å²) in [7, 11) is -2.27. The lowest BCUT2D eigenvalue weighted by Crippen LogP contribution is -2.56. The van der Waals surface area contributed by atoms with E-state index < -0.39 is 33.1 Å². The molecule has 0 spiro atoms. The van der Waals surface area contributed by atoms with Crippen molar-refractivity contribution in [3.63, 3.8) is 0 Å². The summed E-state index contributed by atoms with van der Waals surface area (Å²) in [4.78, 5) is 32.2. The molecule has 224 valence electrons. The van der Waals surface area contributed by atoms with E-state index in [0.717, 1.165) is 0 Å². The van der Waals surface area contributed by atoms with Gasteiger partial charge in [-0.05, 0) is 80.8 Å². The highest BCUT2D eigenvalue weighted by atomic mass is 32.2. The summed E-state index contributed by atoms with van der Waals surface area (Å²) < 4.78 is 29.4. The Bertz CT molecular complexity index is 1890. The first-order valence-electron chi connectivity index (χ1n) is 14.2. The van der Waals surface area contributed by atoms with Gasteiger partial charge in [-0.2, -0.15) is 5.26 Å². The van der Waals surface area contributed by atoms with Crippen LogP contribution in [0.4, 0.5) is 5.69 Å². The van der Waals surface area contributed by atoms with E-state index in [1.54, 1.807) is 106 Å². The quantitative estimate of drug-likeness (QED) is 0.288. The number of amides is 2. The molecule has 1 heterocycles. The van der Waals surface area contributed by atoms with Crippen molar-refractivity contribution in [3.8, 4) is 6.07 Å². The fourth-order valence-corrected chi connectivity index (χ4v) is 7.25. The second-order valence-electron chi connectivity index (χ2n) is 12.1. The third-order valence-electron chi connectivity index (χ3n) is 7.79. The first-order valence-corrected chi connectivity index (χ1v) is 15.7. The second kappa shape index (κ2) is 11.4. The van der Waals surface area contributed by atoms with Gasteiger partial charge in [0, 0.05) is 23.8 Å². The standard InChI is InChI=1S/C35H34N4O4S/c1-34(2,3)37-44(42,43)28-18-12-14-25(22-28)31-29-19-9-10-20-30(29)32(40)39(31)35(4,26-15-7-6-8-16-26)33(41)38(5)27-17-11-13-24(21-27)23-36/h6-22,31,37H,1-5H3. The smallest absolute Gasteiger partial charge is 0.257 e. The van der Waals surface area contributed by atoms with Gasteiger partial charge in [-0.1, -0.05) is 66.7 Å². The van der Waals surface area contributed by atoms with Gasteiger partial charge in [0.1, 0.15) is 5.54 Å². The number of nitrogens with zero attached hydrogens (tertiary/aromatic N) is 3. The number of hydrogen-bond acceptors (Lipinski definition) is 5. The number of carbonyl (C=O) groups is 2. The summed E-state index contributed by atoms with van der Waals surface area (Å²) in [5.74, 6) is -0.756. The van der Waals surface area contributed by atoms with Crippen LogP contribution < -0.4 is 9.62 Å². The molecule has 1 aliphatic rings. The molecule has 2 unspecified atom stereocenters. The predicted octanol–water partition coefficient (Wildman–Crippen LogP) is 5.76. The Hall–Kier alpha value is -4.78. The highest BCUT2D eigenvalue weighted by Gasteiger charge is 2.53. The summed E-state index contributed by atoms with van der Waals surface area (Å²) >= 11 is 0. The van der Waals surface area contributed by atoms with E-state index in [1.807, 2.05) is 30.3 Å². The number of rotatable bonds is 7. The molecular weight excluding hydrogens is 572 g/mol. The molecule has 9 heteroatoms. The minimum Gasteiger partial charge on any atom is -0.313 e. The molecule has 1 aliphatic heterocycles. The van der Waals surface area contributed by atoms with E-state index in [2.05, 4.69) is 10.8 Å². The number of nitrogens with one attached hydrogen (secondary N) is 1. The van der Waals surface area contributed by atoms with Gasteiger partial charge in [0.05, 0.1) is 22.6 Å². The number of sulfonamides is 1. The lowest BCUT2D eigenvalue weighted by atomic mass is 9.85. The molecule has 2 atom stereocenters. The molecule has 5 rings (SSSR count). The van der Waals surface area contributed by atoms with Crippen LogP contribution >= 0.6 is 0 Å². The van der Waals surface area contributed by atoms with Gasteiger partial charge in [-0.3, -0.25) is 9.59 Å². The molecule has 0 saturated carbocycles. The SMILES string of the molecule is CN(C(=O)C(C)(c1ccccc1)N1C(=O)c2ccccc2C1c1cccc(S(=O)(=O)NC(C)(C)C)c1)c1cccc(C#N)c1. The Morgan fingerprint density at radius 3 is 2.23 bits per heavy atom. The summed E-state index contributed by atoms with van der Waals surface area (Å²) in [6, 6.07) is 30.8. The Morgan fingerprint density at radius 1 is 0.886 bits per heavy atom. The van der Waals surface area contributed by atoms with E-state index >= 15 is 0 Å². The zero-order valence-electron chi connectivity index (χ0n) is 25.3. The first kappa shape index (κ1) is 30.7. The largest absolute Gasteiger partial charge is 0.313 e. The third-order valence-corrected chi connectivity index (χ3v) is 9.54. The van der Waals surface area contributed by atoms with Crippen molar-refractivity contribution in [1.82, 2.24) is 9.62 Å². The first-order chi connectivity index (χ1) is 20.8. The molecule has 4 aromatic carbocycles. The van der Waals surface area contributed by atoms with E-state index in [0.29, 0.717) is 33.5 Å². The molecule has 0 radical (unpaired) electrons. The average molecular weight is 607 g/mol. The fourth-order valence-electron chi connectivity index (χ4n) is 5.78. The predicted molar refractivity (Wildman–Crippen MR) is 169 cm³/mol. The number of likely N-dealkylation sites (N-methyl/N-ethyl adjacent to an activating group) is 1. The summed E-state index contributed by atoms with van der Waals surface area (Å²) in [5.41, 5.74) is 0.871. The van der Waals surface area contributed by atoms with Crippen molar-refractivity contribution < 1.29 is 18.0 Å². The lowest BCUT2D eigenvalue weighted by Gasteiger charge is -2.43. The summed E-state index contributed by atoms with van der Waals surface area (Å²) in [5, 5.41) is 9.48. The lowest BCUT2D eigenvalue weighted by molar-refractivity contribution is -0.129. The van der Waals surface area contributed by atoms with Crippen molar-refractivity contribution in [2.45, 2.75) is 49.7 Å². The molecule has 4 aromatic rings. The van der Waals surface area contributed by atoms with Gasteiger partial charge >= 0.3 is 0 Å². The highest BCUT2D eigenvalue weighted by Crippen LogP contribution is 2.47. The van der Waals surface area contributed by atoms with Gasteiger partial charge in [0.25, 0.3) is 11.8 Å². The van der Waals surface area contributed by atoms with Crippen LogP contribution in [-0.4, -0.2) is 37.7 Å². The molecule has 0 aliphatic carbocycles. The monoisotopic (exact) mass is 606 g/mol. The Kier molecular flexibility index (Phi) is 7.93. The van der Waals surface area contributed by atoms with Crippen molar-refractivity contribution in [3.05, 3.63) is 131 Å². The van der Waals surface area contributed by atoms with Crippen LogP contribution in [-0.2, 0) is 20.4 Å². The molecule has 2 amide bonds. The molecule has 44 heavy (non-hydrogen) atoms. The summed E-state index contributed by atoms with van der Waals surface area (Å²) in [6.07, 6.45) is 0. The number of benzene rings is 4. The minimum atomic E-state index is -3.89. The number of anilines is 1. The van der Waals surface area contributed by atoms with Crippen LogP contribution in [0.5, 0.6) is 0 Å². The van der Waals surface area contributed by atoms with Crippen LogP contribution in [0.1, 0.15) is 66.3 Å². The molecule has 1 N–H and O–H groups in total. The molecular formula is C35H34N4O4S. The van der Waals surface area contributed by atoms with Crippen molar-refractivity contribution in [2.75, 3.05) is 11.9 Å². The van der Waals surface area contributed by atoms with Crippen LogP contribution in [0.3, 0.4) is 0 Å². The number of nitriles is 1. The zero-order valence-corrected chi connectivity index (χ0v) is 26.1. The Labute approximate surface area is 258 Å². The second-order valence-corrected chi connectivity index (χ2v) is 13.7. The number of fused-ring (bicyclic) bond motifs is 1. The van der Waals surface area contributed by atoms with Crippen molar-refractivity contribution >= 4 is 27.5 Å². The van der Waals surface area contributed by atoms with Gasteiger partial charge in [0.15, 0.2) is 0 Å². The molecule has 0 aromatic heterocycles. The maximum Gasteiger partial charge on any atom is 0.257 e. The van der Waals surface area contributed by atoms with Gasteiger partial charge in [-0.15, -0.1) is 0 Å². The molecule has 0 fully saturated rings. The molecule has 0 saturated heterocycles. The zero-order chi connectivity index (χ0) is 31.9. The number of carbonyl (C=O) groups excluding carboxylic acids is 2. The minimum absolute atomic E-state index is 0.0554. The van der Waals surface area contributed by atoms with Gasteiger partial charge in [-0.25, -0.2) is 13.1 Å². The van der Waals surface area contributed by atoms with Gasteiger partial charge in [0.2, 0.25) is 10.0 Å². The highest BCUT2D eigenvalue weighted by molar-refractivity contribution is 7.89. The number of hydrogen-bond donors (Lipinski definition) is 1. The van der Waals surface area contributed by atoms with Gasteiger partial charge < -0.3 is 9.80 Å². The topological polar surface area (TPSA) is 111 Å². The van der Waals surface area contributed by atoms with Crippen molar-refractivity contribution in [1.29, 1.82) is 5.26 Å². The van der Waals surface area contributed by atoms with Crippen LogP contribution in [0.15, 0.2) is 108 Å². The Balaban J connectivity index is 1.72. The van der Waals surface area contributed by atoms with Crippen LogP contribution in [0, 0.1) is 11.3 Å². The van der Waals surface area contributed by atoms with Crippen molar-refractivity contribution in [2.24, 2.45) is 0 Å². The van der Waals surface area contributed by atoms with E-state index in [1.165, 1.54) is 11.0 Å². The maximum atomic E-state index is 14.8. The van der Waals surface area contributed by atoms with E-state index in [9.17, 15) is 23.3 Å². The normalized spacial score (nSPS) is 16.1. The fraction of sp³-hybridized carbons (Fsp3) is 0.229. The van der Waals surface area contributed by atoms with Crippen LogP contribution in [0.25, 0.3) is 0 Å². The van der Waals surface area contributed by atoms with E-state index in [4.69, 9.17) is 0 Å². The molecule has 0 bridgehead atoms. The molecule has 8 nitrogen and oxygen atoms in total. The van der Waals surface area contributed by atoms with Crippen LogP contribution in [0.2, 0.25) is 0 Å². The maximum absolute atomic E-state index is 14.8. The van der Waals surface area contributed by atoms with E-state index in [-0.39, 0.29) is 10.8 Å². The average Bonchev–Trinajstić information content (AvgIpc) is 3.32. The Morgan fingerprint density at radius 2 is 1.55 bits per heavy atom. The summed E-state index contributed by atoms with van der Waals surface area (Å²) in [6.45, 7) is 7.01. The third kappa shape index (κ3) is 5.50.